The molecular formula is C15H10ClNOS. The molecule has 94 valence electrons. The summed E-state index contributed by atoms with van der Waals surface area (Å²) in [7, 11) is 0. The van der Waals surface area contributed by atoms with Crippen LogP contribution in [0.3, 0.4) is 0 Å². The number of nitriles is 1. The molecule has 0 aliphatic rings. The summed E-state index contributed by atoms with van der Waals surface area (Å²) in [5.41, 5.74) is 1.16. The molecule has 0 aliphatic carbocycles. The van der Waals surface area contributed by atoms with Crippen LogP contribution in [0.15, 0.2) is 53.4 Å². The van der Waals surface area contributed by atoms with E-state index < -0.39 is 0 Å². The number of carbonyl (C=O) groups is 1. The summed E-state index contributed by atoms with van der Waals surface area (Å²) in [6.45, 7) is 0. The summed E-state index contributed by atoms with van der Waals surface area (Å²) in [6.07, 6.45) is 0. The molecule has 0 unspecified atom stereocenters. The predicted octanol–water partition coefficient (Wildman–Crippen LogP) is 4.19. The van der Waals surface area contributed by atoms with Crippen LogP contribution in [0.2, 0.25) is 5.02 Å². The van der Waals surface area contributed by atoms with Crippen LogP contribution < -0.4 is 0 Å². The van der Waals surface area contributed by atoms with Crippen LogP contribution in [-0.2, 0) is 0 Å². The van der Waals surface area contributed by atoms with E-state index >= 15 is 0 Å². The van der Waals surface area contributed by atoms with Crippen molar-refractivity contribution in [3.8, 4) is 6.07 Å². The number of carbonyl (C=O) groups excluding carboxylic acids is 1. The van der Waals surface area contributed by atoms with E-state index in [4.69, 9.17) is 16.9 Å². The molecule has 0 heterocycles. The molecule has 0 aliphatic heterocycles. The van der Waals surface area contributed by atoms with E-state index in [9.17, 15) is 4.79 Å². The van der Waals surface area contributed by atoms with Crippen molar-refractivity contribution in [3.05, 3.63) is 64.7 Å². The maximum atomic E-state index is 12.0. The van der Waals surface area contributed by atoms with Crippen molar-refractivity contribution < 1.29 is 4.79 Å². The van der Waals surface area contributed by atoms with Crippen molar-refractivity contribution in [3.63, 3.8) is 0 Å². The lowest BCUT2D eigenvalue weighted by atomic mass is 10.1. The highest BCUT2D eigenvalue weighted by Crippen LogP contribution is 2.27. The number of ketones is 1. The van der Waals surface area contributed by atoms with E-state index in [0.29, 0.717) is 21.9 Å². The van der Waals surface area contributed by atoms with Gasteiger partial charge in [-0.2, -0.15) is 5.26 Å². The second kappa shape index (κ2) is 6.42. The van der Waals surface area contributed by atoms with Crippen molar-refractivity contribution in [1.29, 1.82) is 5.26 Å². The van der Waals surface area contributed by atoms with Gasteiger partial charge in [-0.3, -0.25) is 4.79 Å². The Morgan fingerprint density at radius 2 is 1.84 bits per heavy atom. The Morgan fingerprint density at radius 1 is 1.16 bits per heavy atom. The largest absolute Gasteiger partial charge is 0.293 e. The first-order chi connectivity index (χ1) is 9.20. The highest BCUT2D eigenvalue weighted by molar-refractivity contribution is 8.00. The second-order valence-corrected chi connectivity index (χ2v) is 5.26. The second-order valence-electron chi connectivity index (χ2n) is 3.83. The van der Waals surface area contributed by atoms with E-state index in [1.54, 1.807) is 30.3 Å². The summed E-state index contributed by atoms with van der Waals surface area (Å²) in [4.78, 5) is 12.9. The van der Waals surface area contributed by atoms with Gasteiger partial charge in [-0.1, -0.05) is 35.9 Å². The molecule has 0 radical (unpaired) electrons. The van der Waals surface area contributed by atoms with Gasteiger partial charge < -0.3 is 0 Å². The Kier molecular flexibility index (Phi) is 4.62. The number of halogens is 1. The fraction of sp³-hybridized carbons (Fsp3) is 0.0667. The van der Waals surface area contributed by atoms with Crippen LogP contribution in [0.25, 0.3) is 0 Å². The first-order valence-electron chi connectivity index (χ1n) is 5.61. The quantitative estimate of drug-likeness (QED) is 0.625. The van der Waals surface area contributed by atoms with E-state index in [0.717, 1.165) is 4.90 Å². The molecule has 2 aromatic carbocycles. The third-order valence-electron chi connectivity index (χ3n) is 2.53. The smallest absolute Gasteiger partial charge is 0.173 e. The molecule has 0 bridgehead atoms. The lowest BCUT2D eigenvalue weighted by Gasteiger charge is -2.03. The van der Waals surface area contributed by atoms with Crippen LogP contribution in [0.1, 0.15) is 15.9 Å². The number of Topliss-reactive ketones (excluding diaryl/α,β-unsaturated/α-hetero) is 1. The highest BCUT2D eigenvalue weighted by Gasteiger charge is 2.08. The standard InChI is InChI=1S/C15H10ClNOS/c16-13-3-1-2-4-15(13)19-10-14(18)12-7-5-11(9-17)6-8-12/h1-8H,10H2. The van der Waals surface area contributed by atoms with Crippen LogP contribution in [-0.4, -0.2) is 11.5 Å². The first-order valence-corrected chi connectivity index (χ1v) is 6.98. The normalized spacial score (nSPS) is 9.89. The Balaban J connectivity index is 2.02. The molecular weight excluding hydrogens is 278 g/mol. The van der Waals surface area contributed by atoms with Gasteiger partial charge in [-0.25, -0.2) is 0 Å². The first kappa shape index (κ1) is 13.7. The Labute approximate surface area is 121 Å². The summed E-state index contributed by atoms with van der Waals surface area (Å²) in [6, 6.07) is 16.1. The predicted molar refractivity (Wildman–Crippen MR) is 77.7 cm³/mol. The highest BCUT2D eigenvalue weighted by atomic mass is 35.5. The topological polar surface area (TPSA) is 40.9 Å². The minimum Gasteiger partial charge on any atom is -0.293 e. The Hall–Kier alpha value is -1.76. The summed E-state index contributed by atoms with van der Waals surface area (Å²) >= 11 is 7.44. The van der Waals surface area contributed by atoms with E-state index in [1.165, 1.54) is 11.8 Å². The minimum atomic E-state index is 0.0226. The SMILES string of the molecule is N#Cc1ccc(C(=O)CSc2ccccc2Cl)cc1. The molecule has 2 rings (SSSR count). The molecule has 0 fully saturated rings. The number of hydrogen-bond donors (Lipinski definition) is 0. The van der Waals surface area contributed by atoms with Crippen molar-refractivity contribution in [2.75, 3.05) is 5.75 Å². The maximum absolute atomic E-state index is 12.0. The van der Waals surface area contributed by atoms with Crippen molar-refractivity contribution >= 4 is 29.1 Å². The van der Waals surface area contributed by atoms with Gasteiger partial charge in [-0.15, -0.1) is 11.8 Å². The molecule has 2 nitrogen and oxygen atoms in total. The van der Waals surface area contributed by atoms with Gasteiger partial charge in [-0.05, 0) is 24.3 Å². The molecule has 0 saturated carbocycles. The van der Waals surface area contributed by atoms with Gasteiger partial charge in [0.05, 0.1) is 22.4 Å². The van der Waals surface area contributed by atoms with Gasteiger partial charge >= 0.3 is 0 Å². The van der Waals surface area contributed by atoms with Crippen LogP contribution in [0.5, 0.6) is 0 Å². The number of thioether (sulfide) groups is 1. The van der Waals surface area contributed by atoms with Gasteiger partial charge in [0.1, 0.15) is 0 Å². The molecule has 0 amide bonds. The van der Waals surface area contributed by atoms with Crippen molar-refractivity contribution in [1.82, 2.24) is 0 Å². The summed E-state index contributed by atoms with van der Waals surface area (Å²) in [5.74, 6) is 0.352. The zero-order valence-electron chi connectivity index (χ0n) is 9.97. The monoisotopic (exact) mass is 287 g/mol. The van der Waals surface area contributed by atoms with E-state index in [-0.39, 0.29) is 5.78 Å². The molecule has 4 heteroatoms. The number of benzene rings is 2. The average molecular weight is 288 g/mol. The maximum Gasteiger partial charge on any atom is 0.173 e. The van der Waals surface area contributed by atoms with Crippen molar-refractivity contribution in [2.45, 2.75) is 4.90 Å². The van der Waals surface area contributed by atoms with Crippen LogP contribution >= 0.6 is 23.4 Å². The number of rotatable bonds is 4. The summed E-state index contributed by atoms with van der Waals surface area (Å²) in [5, 5.41) is 9.35. The number of nitrogens with zero attached hydrogens (tertiary/aromatic N) is 1. The fourth-order valence-corrected chi connectivity index (χ4v) is 2.65. The minimum absolute atomic E-state index is 0.0226. The molecule has 0 aromatic heterocycles. The van der Waals surface area contributed by atoms with Gasteiger partial charge in [0.15, 0.2) is 5.78 Å². The van der Waals surface area contributed by atoms with E-state index in [2.05, 4.69) is 0 Å². The average Bonchev–Trinajstić information content (AvgIpc) is 2.46. The zero-order valence-corrected chi connectivity index (χ0v) is 11.5. The molecule has 0 saturated heterocycles. The van der Waals surface area contributed by atoms with Gasteiger partial charge in [0.2, 0.25) is 0 Å². The lowest BCUT2D eigenvalue weighted by Crippen LogP contribution is -2.02. The van der Waals surface area contributed by atoms with Gasteiger partial charge in [0, 0.05) is 10.5 Å². The molecule has 19 heavy (non-hydrogen) atoms. The van der Waals surface area contributed by atoms with Crippen LogP contribution in [0, 0.1) is 11.3 Å². The third-order valence-corrected chi connectivity index (χ3v) is 4.05. The third kappa shape index (κ3) is 3.60. The zero-order chi connectivity index (χ0) is 13.7. The molecule has 0 atom stereocenters. The fourth-order valence-electron chi connectivity index (χ4n) is 1.52. The van der Waals surface area contributed by atoms with Crippen molar-refractivity contribution in [2.24, 2.45) is 0 Å². The summed E-state index contributed by atoms with van der Waals surface area (Å²) < 4.78 is 0. The van der Waals surface area contributed by atoms with E-state index in [1.807, 2.05) is 24.3 Å². The Bertz CT molecular complexity index is 631. The molecule has 2 aromatic rings. The Morgan fingerprint density at radius 3 is 2.47 bits per heavy atom. The molecule has 0 N–H and O–H groups in total. The molecule has 0 spiro atoms. The van der Waals surface area contributed by atoms with Crippen LogP contribution in [0.4, 0.5) is 0 Å². The van der Waals surface area contributed by atoms with Gasteiger partial charge in [0.25, 0.3) is 0 Å². The lowest BCUT2D eigenvalue weighted by molar-refractivity contribution is 0.102. The number of hydrogen-bond acceptors (Lipinski definition) is 3.